The fraction of sp³-hybridized carbons (Fsp3) is 0.0556. The Labute approximate surface area is 170 Å². The lowest BCUT2D eigenvalue weighted by atomic mass is 10.0. The summed E-state index contributed by atoms with van der Waals surface area (Å²) in [6.45, 7) is -0.559. The van der Waals surface area contributed by atoms with Gasteiger partial charge < -0.3 is 15.5 Å². The van der Waals surface area contributed by atoms with Crippen molar-refractivity contribution in [2.75, 3.05) is 6.54 Å². The van der Waals surface area contributed by atoms with Crippen molar-refractivity contribution in [2.45, 2.75) is 0 Å². The fourth-order valence-electron chi connectivity index (χ4n) is 2.55. The van der Waals surface area contributed by atoms with Gasteiger partial charge in [0.25, 0.3) is 5.91 Å². The van der Waals surface area contributed by atoms with Crippen LogP contribution in [0, 0.1) is 3.57 Å². The van der Waals surface area contributed by atoms with Crippen molar-refractivity contribution < 1.29 is 19.8 Å². The van der Waals surface area contributed by atoms with E-state index in [9.17, 15) is 14.7 Å². The Morgan fingerprint density at radius 2 is 1.85 bits per heavy atom. The van der Waals surface area contributed by atoms with Crippen LogP contribution >= 0.6 is 38.5 Å². The number of halogens is 2. The molecule has 132 valence electrons. The van der Waals surface area contributed by atoms with E-state index in [0.717, 1.165) is 14.7 Å². The molecule has 0 saturated heterocycles. The molecule has 1 amide bonds. The molecule has 0 saturated carbocycles. The molecule has 0 atom stereocenters. The van der Waals surface area contributed by atoms with Crippen molar-refractivity contribution in [1.82, 2.24) is 10.3 Å². The summed E-state index contributed by atoms with van der Waals surface area (Å²) in [6.07, 6.45) is 0. The molecule has 1 heterocycles. The van der Waals surface area contributed by atoms with Crippen LogP contribution in [0.15, 0.2) is 47.1 Å². The van der Waals surface area contributed by atoms with Crippen molar-refractivity contribution in [2.24, 2.45) is 0 Å². The number of aromatic hydroxyl groups is 1. The van der Waals surface area contributed by atoms with Crippen molar-refractivity contribution in [3.63, 3.8) is 0 Å². The van der Waals surface area contributed by atoms with Gasteiger partial charge >= 0.3 is 5.97 Å². The number of aromatic nitrogens is 1. The number of pyridine rings is 1. The van der Waals surface area contributed by atoms with Crippen molar-refractivity contribution in [1.29, 1.82) is 0 Å². The maximum absolute atomic E-state index is 12.2. The molecule has 3 aromatic rings. The maximum atomic E-state index is 12.2. The third-order valence-electron chi connectivity index (χ3n) is 3.74. The minimum atomic E-state index is -1.18. The van der Waals surface area contributed by atoms with E-state index in [1.54, 1.807) is 0 Å². The quantitative estimate of drug-likeness (QED) is 0.355. The highest BCUT2D eigenvalue weighted by molar-refractivity contribution is 14.1. The van der Waals surface area contributed by atoms with Gasteiger partial charge in [0.05, 0.1) is 0 Å². The molecule has 0 unspecified atom stereocenters. The molecule has 0 aliphatic heterocycles. The average Bonchev–Trinajstić information content (AvgIpc) is 2.63. The zero-order chi connectivity index (χ0) is 18.8. The van der Waals surface area contributed by atoms with Crippen molar-refractivity contribution >= 4 is 61.2 Å². The molecular weight excluding hydrogens is 515 g/mol. The zero-order valence-corrected chi connectivity index (χ0v) is 16.9. The van der Waals surface area contributed by atoms with Crippen LogP contribution in [0.1, 0.15) is 10.5 Å². The highest BCUT2D eigenvalue weighted by atomic mass is 127. The second-order valence-electron chi connectivity index (χ2n) is 5.39. The number of amides is 1. The number of hydrogen-bond acceptors (Lipinski definition) is 4. The van der Waals surface area contributed by atoms with E-state index >= 15 is 0 Å². The smallest absolute Gasteiger partial charge is 0.322 e. The van der Waals surface area contributed by atoms with Crippen LogP contribution in [0.3, 0.4) is 0 Å². The third-order valence-corrected chi connectivity index (χ3v) is 5.46. The van der Waals surface area contributed by atoms with E-state index in [2.05, 4.69) is 48.8 Å². The molecular formula is C18H12BrIN2O4. The molecule has 0 aliphatic rings. The minimum Gasteiger partial charge on any atom is -0.505 e. The Balaban J connectivity index is 2.19. The number of fused-ring (bicyclic) bond motifs is 1. The molecule has 1 aromatic heterocycles. The lowest BCUT2D eigenvalue weighted by Crippen LogP contribution is -2.30. The molecule has 2 aromatic carbocycles. The van der Waals surface area contributed by atoms with E-state index < -0.39 is 18.4 Å². The Bertz CT molecular complexity index is 1020. The van der Waals surface area contributed by atoms with E-state index in [1.165, 1.54) is 0 Å². The molecule has 3 N–H and O–H groups in total. The van der Waals surface area contributed by atoms with Crippen LogP contribution in [0.4, 0.5) is 0 Å². The molecule has 3 rings (SSSR count). The Kier molecular flexibility index (Phi) is 5.42. The number of carbonyl (C=O) groups is 2. The zero-order valence-electron chi connectivity index (χ0n) is 13.2. The summed E-state index contributed by atoms with van der Waals surface area (Å²) < 4.78 is 1.16. The molecule has 8 heteroatoms. The van der Waals surface area contributed by atoms with Crippen LogP contribution < -0.4 is 5.32 Å². The molecule has 0 aliphatic carbocycles. The predicted octanol–water partition coefficient (Wildman–Crippen LogP) is 3.79. The first-order valence-electron chi connectivity index (χ1n) is 7.46. The minimum absolute atomic E-state index is 0.228. The number of nitrogens with one attached hydrogen (secondary N) is 1. The number of benzene rings is 2. The lowest BCUT2D eigenvalue weighted by molar-refractivity contribution is -0.135. The van der Waals surface area contributed by atoms with Crippen LogP contribution in [-0.4, -0.2) is 33.6 Å². The second-order valence-corrected chi connectivity index (χ2v) is 7.22. The van der Waals surface area contributed by atoms with Gasteiger partial charge in [-0.3, -0.25) is 9.59 Å². The summed E-state index contributed by atoms with van der Waals surface area (Å²) in [5, 5.41) is 22.7. The highest BCUT2D eigenvalue weighted by Gasteiger charge is 2.21. The summed E-state index contributed by atoms with van der Waals surface area (Å²) in [7, 11) is 0. The molecule has 0 spiro atoms. The summed E-state index contributed by atoms with van der Waals surface area (Å²) in [4.78, 5) is 26.9. The first kappa shape index (κ1) is 18.6. The van der Waals surface area contributed by atoms with Gasteiger partial charge in [-0.15, -0.1) is 0 Å². The van der Waals surface area contributed by atoms with Gasteiger partial charge in [-0.1, -0.05) is 42.5 Å². The SMILES string of the molecule is O=C(O)CNC(=O)c1nc(Br)c2ccc(-c3ccccc3)c(I)c2c1O. The molecule has 0 bridgehead atoms. The summed E-state index contributed by atoms with van der Waals surface area (Å²) in [5.74, 6) is -2.22. The summed E-state index contributed by atoms with van der Waals surface area (Å²) in [6, 6.07) is 13.4. The number of carbonyl (C=O) groups excluding carboxylic acids is 1. The van der Waals surface area contributed by atoms with Crippen LogP contribution in [0.2, 0.25) is 0 Å². The van der Waals surface area contributed by atoms with Gasteiger partial charge in [0.2, 0.25) is 0 Å². The standard InChI is InChI=1S/C18H12BrIN2O4/c19-17-11-7-6-10(9-4-2-1-3-5-9)14(20)13(11)16(25)15(22-17)18(26)21-8-12(23)24/h1-7,25H,8H2,(H,21,26)(H,23,24). The molecule has 0 fully saturated rings. The van der Waals surface area contributed by atoms with Gasteiger partial charge in [0.1, 0.15) is 11.1 Å². The molecule has 6 nitrogen and oxygen atoms in total. The van der Waals surface area contributed by atoms with Crippen LogP contribution in [-0.2, 0) is 4.79 Å². The maximum Gasteiger partial charge on any atom is 0.322 e. The summed E-state index contributed by atoms with van der Waals surface area (Å²) >= 11 is 5.45. The number of aliphatic carboxylic acids is 1. The Morgan fingerprint density at radius 1 is 1.15 bits per heavy atom. The monoisotopic (exact) mass is 526 g/mol. The van der Waals surface area contributed by atoms with Gasteiger partial charge in [0, 0.05) is 14.3 Å². The first-order chi connectivity index (χ1) is 12.4. The average molecular weight is 527 g/mol. The van der Waals surface area contributed by atoms with Crippen molar-refractivity contribution in [3.8, 4) is 16.9 Å². The number of rotatable bonds is 4. The Morgan fingerprint density at radius 3 is 2.50 bits per heavy atom. The van der Waals surface area contributed by atoms with Crippen LogP contribution in [0.25, 0.3) is 21.9 Å². The number of carboxylic acids is 1. The van der Waals surface area contributed by atoms with E-state index in [1.807, 2.05) is 42.5 Å². The van der Waals surface area contributed by atoms with E-state index in [-0.39, 0.29) is 11.4 Å². The largest absolute Gasteiger partial charge is 0.505 e. The van der Waals surface area contributed by atoms with Gasteiger partial charge in [-0.25, -0.2) is 4.98 Å². The normalized spacial score (nSPS) is 10.7. The van der Waals surface area contributed by atoms with E-state index in [0.29, 0.717) is 15.4 Å². The number of nitrogens with zero attached hydrogens (tertiary/aromatic N) is 1. The first-order valence-corrected chi connectivity index (χ1v) is 9.33. The lowest BCUT2D eigenvalue weighted by Gasteiger charge is -2.13. The molecule has 0 radical (unpaired) electrons. The number of carboxylic acid groups (broad SMARTS) is 1. The fourth-order valence-corrected chi connectivity index (χ4v) is 4.09. The Hall–Kier alpha value is -2.20. The number of hydrogen-bond donors (Lipinski definition) is 3. The molecule has 26 heavy (non-hydrogen) atoms. The highest BCUT2D eigenvalue weighted by Crippen LogP contribution is 2.39. The van der Waals surface area contributed by atoms with Gasteiger partial charge in [0.15, 0.2) is 11.4 Å². The van der Waals surface area contributed by atoms with E-state index in [4.69, 9.17) is 5.11 Å². The predicted molar refractivity (Wildman–Crippen MR) is 109 cm³/mol. The second kappa shape index (κ2) is 7.58. The third kappa shape index (κ3) is 3.51. The summed E-state index contributed by atoms with van der Waals surface area (Å²) in [5.41, 5.74) is 1.65. The van der Waals surface area contributed by atoms with Crippen LogP contribution in [0.5, 0.6) is 5.75 Å². The van der Waals surface area contributed by atoms with Gasteiger partial charge in [-0.05, 0) is 49.6 Å². The van der Waals surface area contributed by atoms with Crippen molar-refractivity contribution in [3.05, 3.63) is 56.3 Å². The van der Waals surface area contributed by atoms with Gasteiger partial charge in [-0.2, -0.15) is 0 Å². The topological polar surface area (TPSA) is 99.5 Å².